The number of benzene rings is 2. The summed E-state index contributed by atoms with van der Waals surface area (Å²) in [5.74, 6) is 1.07. The van der Waals surface area contributed by atoms with E-state index in [2.05, 4.69) is 22.5 Å². The number of hydrogen-bond acceptors (Lipinski definition) is 6. The van der Waals surface area contributed by atoms with Gasteiger partial charge in [0.15, 0.2) is 0 Å². The van der Waals surface area contributed by atoms with Gasteiger partial charge in [-0.05, 0) is 69.6 Å². The van der Waals surface area contributed by atoms with Crippen LogP contribution in [-0.2, 0) is 0 Å². The second-order valence-corrected chi connectivity index (χ2v) is 7.92. The van der Waals surface area contributed by atoms with Gasteiger partial charge in [-0.3, -0.25) is 9.36 Å². The van der Waals surface area contributed by atoms with Gasteiger partial charge in [0.05, 0.1) is 23.2 Å². The zero-order chi connectivity index (χ0) is 20.4. The number of nitrogens with zero attached hydrogens (tertiary/aromatic N) is 3. The number of aryl methyl sites for hydroxylation is 1. The summed E-state index contributed by atoms with van der Waals surface area (Å²) in [5, 5.41) is 11.0. The van der Waals surface area contributed by atoms with Crippen molar-refractivity contribution in [3.63, 3.8) is 0 Å². The van der Waals surface area contributed by atoms with Crippen molar-refractivity contribution >= 4 is 23.5 Å². The topological polar surface area (TPSA) is 67.6 Å². The van der Waals surface area contributed by atoms with Crippen LogP contribution in [-0.4, -0.2) is 45.8 Å². The summed E-state index contributed by atoms with van der Waals surface area (Å²) >= 11 is 4.31. The van der Waals surface area contributed by atoms with Crippen LogP contribution in [0.15, 0.2) is 46.1 Å². The average Bonchev–Trinajstić information content (AvgIpc) is 3.21. The molecule has 3 aromatic rings. The molecule has 0 radical (unpaired) electrons. The van der Waals surface area contributed by atoms with E-state index in [0.29, 0.717) is 39.7 Å². The lowest BCUT2D eigenvalue weighted by Gasteiger charge is -2.15. The lowest BCUT2D eigenvalue weighted by molar-refractivity contribution is 0.262. The predicted molar refractivity (Wildman–Crippen MR) is 117 cm³/mol. The summed E-state index contributed by atoms with van der Waals surface area (Å²) < 4.78 is 7.20. The van der Waals surface area contributed by atoms with Gasteiger partial charge in [-0.25, -0.2) is 4.98 Å². The molecule has 1 fully saturated rings. The fourth-order valence-electron chi connectivity index (χ4n) is 3.83. The van der Waals surface area contributed by atoms with Crippen molar-refractivity contribution in [1.82, 2.24) is 14.5 Å². The molecule has 2 aromatic carbocycles. The van der Waals surface area contributed by atoms with Crippen LogP contribution in [0.4, 0.5) is 0 Å². The van der Waals surface area contributed by atoms with Gasteiger partial charge >= 0.3 is 0 Å². The van der Waals surface area contributed by atoms with Gasteiger partial charge in [-0.15, -0.1) is 12.6 Å². The molecule has 29 heavy (non-hydrogen) atoms. The van der Waals surface area contributed by atoms with Crippen LogP contribution in [0, 0.1) is 6.92 Å². The molecule has 4 rings (SSSR count). The summed E-state index contributed by atoms with van der Waals surface area (Å²) in [4.78, 5) is 20.7. The molecule has 1 N–H and O–H groups in total. The number of aromatic hydroxyl groups is 1. The van der Waals surface area contributed by atoms with Crippen LogP contribution in [0.2, 0.25) is 0 Å². The Balaban J connectivity index is 1.54. The average molecular weight is 412 g/mol. The van der Waals surface area contributed by atoms with Crippen molar-refractivity contribution in [3.8, 4) is 17.2 Å². The lowest BCUT2D eigenvalue weighted by atomic mass is 10.2. The van der Waals surface area contributed by atoms with E-state index in [-0.39, 0.29) is 11.3 Å². The van der Waals surface area contributed by atoms with Crippen molar-refractivity contribution in [1.29, 1.82) is 0 Å². The van der Waals surface area contributed by atoms with Crippen molar-refractivity contribution < 1.29 is 9.84 Å². The molecule has 0 amide bonds. The molecule has 0 saturated carbocycles. The highest BCUT2D eigenvalue weighted by Crippen LogP contribution is 2.27. The maximum Gasteiger partial charge on any atom is 0.266 e. The number of phenols is 1. The zero-order valence-corrected chi connectivity index (χ0v) is 17.4. The van der Waals surface area contributed by atoms with Crippen molar-refractivity contribution in [3.05, 3.63) is 52.6 Å². The third-order valence-corrected chi connectivity index (χ3v) is 5.57. The summed E-state index contributed by atoms with van der Waals surface area (Å²) in [6.07, 6.45) is 3.52. The molecule has 0 atom stereocenters. The van der Waals surface area contributed by atoms with E-state index in [1.807, 2.05) is 0 Å². The molecule has 6 nitrogen and oxygen atoms in total. The molecule has 1 aliphatic rings. The monoisotopic (exact) mass is 411 g/mol. The van der Waals surface area contributed by atoms with E-state index in [1.54, 1.807) is 43.3 Å². The molecule has 0 spiro atoms. The van der Waals surface area contributed by atoms with E-state index in [0.717, 1.165) is 13.0 Å². The Morgan fingerprint density at radius 1 is 1.17 bits per heavy atom. The Bertz CT molecular complexity index is 1090. The Morgan fingerprint density at radius 2 is 1.97 bits per heavy atom. The van der Waals surface area contributed by atoms with Crippen LogP contribution in [0.5, 0.6) is 11.5 Å². The molecule has 1 saturated heterocycles. The third kappa shape index (κ3) is 4.26. The molecule has 0 bridgehead atoms. The molecule has 0 aliphatic carbocycles. The van der Waals surface area contributed by atoms with E-state index >= 15 is 0 Å². The summed E-state index contributed by atoms with van der Waals surface area (Å²) in [6, 6.07) is 10.3. The van der Waals surface area contributed by atoms with Crippen LogP contribution in [0.25, 0.3) is 16.6 Å². The fraction of sp³-hybridized carbons (Fsp3) is 0.364. The van der Waals surface area contributed by atoms with Crippen LogP contribution >= 0.6 is 12.6 Å². The van der Waals surface area contributed by atoms with Gasteiger partial charge in [0, 0.05) is 17.5 Å². The first-order chi connectivity index (χ1) is 14.0. The Morgan fingerprint density at radius 3 is 2.72 bits per heavy atom. The minimum Gasteiger partial charge on any atom is -0.506 e. The smallest absolute Gasteiger partial charge is 0.266 e. The van der Waals surface area contributed by atoms with Gasteiger partial charge in [0.25, 0.3) is 5.56 Å². The molecular weight excluding hydrogens is 386 g/mol. The van der Waals surface area contributed by atoms with E-state index in [9.17, 15) is 9.90 Å². The normalized spacial score (nSPS) is 14.6. The predicted octanol–water partition coefficient (Wildman–Crippen LogP) is 3.55. The largest absolute Gasteiger partial charge is 0.506 e. The molecule has 2 heterocycles. The number of rotatable bonds is 6. The molecule has 7 heteroatoms. The summed E-state index contributed by atoms with van der Waals surface area (Å²) in [7, 11) is 0. The maximum absolute atomic E-state index is 13.0. The number of hydrogen-bond donors (Lipinski definition) is 2. The number of aromatic nitrogens is 2. The van der Waals surface area contributed by atoms with Crippen molar-refractivity contribution in [2.75, 3.05) is 26.2 Å². The van der Waals surface area contributed by atoms with Gasteiger partial charge in [0.2, 0.25) is 0 Å². The molecule has 0 unspecified atom stereocenters. The fourth-order valence-corrected chi connectivity index (χ4v) is 4.04. The van der Waals surface area contributed by atoms with Crippen LogP contribution < -0.4 is 10.3 Å². The van der Waals surface area contributed by atoms with E-state index in [1.165, 1.54) is 30.5 Å². The molecule has 1 aliphatic heterocycles. The lowest BCUT2D eigenvalue weighted by Crippen LogP contribution is -2.22. The first-order valence-corrected chi connectivity index (χ1v) is 10.4. The van der Waals surface area contributed by atoms with Crippen LogP contribution in [0.3, 0.4) is 0 Å². The first-order valence-electron chi connectivity index (χ1n) is 9.94. The van der Waals surface area contributed by atoms with Crippen molar-refractivity contribution in [2.45, 2.75) is 31.1 Å². The number of ether oxygens (including phenoxy) is 1. The van der Waals surface area contributed by atoms with Gasteiger partial charge in [-0.1, -0.05) is 0 Å². The Kier molecular flexibility index (Phi) is 5.78. The molecule has 1 aromatic heterocycles. The number of thiol groups is 1. The number of fused-ring (bicyclic) bond motifs is 1. The van der Waals surface area contributed by atoms with Gasteiger partial charge in [0.1, 0.15) is 17.3 Å². The minimum absolute atomic E-state index is 0.0181. The Labute approximate surface area is 175 Å². The second-order valence-electron chi connectivity index (χ2n) is 7.40. The molecular formula is C22H25N3O3S. The first kappa shape index (κ1) is 19.8. The van der Waals surface area contributed by atoms with E-state index < -0.39 is 0 Å². The van der Waals surface area contributed by atoms with Crippen molar-refractivity contribution in [2.24, 2.45) is 0 Å². The highest BCUT2D eigenvalue weighted by atomic mass is 32.1. The summed E-state index contributed by atoms with van der Waals surface area (Å²) in [5.41, 5.74) is 0.757. The second kappa shape index (κ2) is 8.47. The minimum atomic E-state index is -0.238. The zero-order valence-electron chi connectivity index (χ0n) is 16.5. The third-order valence-electron chi connectivity index (χ3n) is 5.29. The van der Waals surface area contributed by atoms with E-state index in [4.69, 9.17) is 4.74 Å². The van der Waals surface area contributed by atoms with Gasteiger partial charge < -0.3 is 14.7 Å². The van der Waals surface area contributed by atoms with Gasteiger partial charge in [-0.2, -0.15) is 0 Å². The maximum atomic E-state index is 13.0. The van der Waals surface area contributed by atoms with Crippen LogP contribution in [0.1, 0.15) is 25.1 Å². The highest BCUT2D eigenvalue weighted by molar-refractivity contribution is 7.80. The summed E-state index contributed by atoms with van der Waals surface area (Å²) in [6.45, 7) is 5.74. The molecule has 152 valence electrons. The quantitative estimate of drug-likeness (QED) is 0.480. The number of likely N-dealkylation sites (tertiary alicyclic amines) is 1. The number of phenolic OH excluding ortho intramolecular Hbond substituents is 1. The standard InChI is InChI=1S/C22H25N3O3S/c1-15-23-19-7-6-17(29)14-18(19)22(27)25(15)20-8-5-16(13-21(20)26)28-12-4-11-24-9-2-3-10-24/h5-8,13-14,26,29H,2-4,9-12H2,1H3. The SMILES string of the molecule is Cc1nc2ccc(S)cc2c(=O)n1-c1ccc(OCCCN2CCCC2)cc1O. The highest BCUT2D eigenvalue weighted by Gasteiger charge is 2.14. The Hall–Kier alpha value is -2.51.